The van der Waals surface area contributed by atoms with Crippen molar-refractivity contribution in [1.82, 2.24) is 5.32 Å². The smallest absolute Gasteiger partial charge is 0.224 e. The second-order valence-corrected chi connectivity index (χ2v) is 7.16. The minimum Gasteiger partial charge on any atom is -0.353 e. The van der Waals surface area contributed by atoms with Gasteiger partial charge in [-0.1, -0.05) is 54.4 Å². The van der Waals surface area contributed by atoms with Crippen LogP contribution in [0.2, 0.25) is 10.0 Å². The molecule has 0 radical (unpaired) electrons. The molecule has 0 aliphatic carbocycles. The molecule has 0 saturated heterocycles. The summed E-state index contributed by atoms with van der Waals surface area (Å²) in [4.78, 5) is 12.3. The monoisotopic (exact) mass is 364 g/mol. The number of carbonyl (C=O) groups is 1. The van der Waals surface area contributed by atoms with Crippen molar-refractivity contribution in [3.8, 4) is 0 Å². The molecule has 0 aliphatic rings. The van der Waals surface area contributed by atoms with Crippen LogP contribution in [0, 0.1) is 0 Å². The summed E-state index contributed by atoms with van der Waals surface area (Å²) in [6.45, 7) is 6.08. The number of hydrogen-bond donors (Lipinski definition) is 2. The van der Waals surface area contributed by atoms with Gasteiger partial charge in [-0.2, -0.15) is 0 Å². The van der Waals surface area contributed by atoms with E-state index in [1.807, 2.05) is 38.1 Å². The molecule has 0 saturated carbocycles. The van der Waals surface area contributed by atoms with E-state index in [1.54, 1.807) is 18.2 Å². The fourth-order valence-electron chi connectivity index (χ4n) is 2.23. The molecule has 5 heteroatoms. The van der Waals surface area contributed by atoms with Gasteiger partial charge in [-0.3, -0.25) is 4.79 Å². The Morgan fingerprint density at radius 1 is 1.04 bits per heavy atom. The van der Waals surface area contributed by atoms with Gasteiger partial charge in [-0.25, -0.2) is 0 Å². The maximum absolute atomic E-state index is 12.3. The van der Waals surface area contributed by atoms with E-state index in [2.05, 4.69) is 17.6 Å². The van der Waals surface area contributed by atoms with Gasteiger partial charge >= 0.3 is 0 Å². The van der Waals surface area contributed by atoms with Crippen molar-refractivity contribution >= 4 is 40.5 Å². The number of halogens is 2. The molecular weight excluding hydrogens is 343 g/mol. The Hall–Kier alpha value is -1.71. The van der Waals surface area contributed by atoms with Gasteiger partial charge in [0, 0.05) is 11.2 Å². The Bertz CT molecular complexity index is 709. The summed E-state index contributed by atoms with van der Waals surface area (Å²) in [6.07, 6.45) is 1.16. The second kappa shape index (κ2) is 7.91. The topological polar surface area (TPSA) is 41.1 Å². The Labute approximate surface area is 153 Å². The van der Waals surface area contributed by atoms with Crippen molar-refractivity contribution in [2.45, 2.75) is 39.2 Å². The van der Waals surface area contributed by atoms with Gasteiger partial charge in [0.2, 0.25) is 5.91 Å². The van der Waals surface area contributed by atoms with E-state index in [9.17, 15) is 4.79 Å². The van der Waals surface area contributed by atoms with Crippen molar-refractivity contribution in [2.24, 2.45) is 0 Å². The third-order valence-corrected chi connectivity index (χ3v) is 4.58. The molecular formula is C19H22Cl2N2O. The van der Waals surface area contributed by atoms with Crippen LogP contribution in [0.4, 0.5) is 11.4 Å². The third-order valence-electron chi connectivity index (χ3n) is 3.95. The number of carbonyl (C=O) groups excluding carboxylic acids is 1. The van der Waals surface area contributed by atoms with Gasteiger partial charge in [0.1, 0.15) is 0 Å². The summed E-state index contributed by atoms with van der Waals surface area (Å²) in [5.41, 5.74) is 2.13. The highest BCUT2D eigenvalue weighted by atomic mass is 35.5. The Morgan fingerprint density at radius 3 is 2.29 bits per heavy atom. The van der Waals surface area contributed by atoms with Crippen molar-refractivity contribution in [1.29, 1.82) is 0 Å². The standard InChI is InChI=1S/C19H22Cl2N2O/c1-4-19(2,3)23-17(24)12-13-8-5-6-11-16(13)22-18-14(20)9-7-10-15(18)21/h5-11,22H,4,12H2,1-3H3,(H,23,24). The van der Waals surface area contributed by atoms with Gasteiger partial charge < -0.3 is 10.6 Å². The van der Waals surface area contributed by atoms with Crippen LogP contribution in [0.5, 0.6) is 0 Å². The summed E-state index contributed by atoms with van der Waals surface area (Å²) in [7, 11) is 0. The average Bonchev–Trinajstić information content (AvgIpc) is 2.52. The maximum Gasteiger partial charge on any atom is 0.224 e. The third kappa shape index (κ3) is 4.89. The van der Waals surface area contributed by atoms with E-state index < -0.39 is 0 Å². The summed E-state index contributed by atoms with van der Waals surface area (Å²) < 4.78 is 0. The lowest BCUT2D eigenvalue weighted by atomic mass is 10.0. The molecule has 128 valence electrons. The number of amides is 1. The van der Waals surface area contributed by atoms with E-state index in [4.69, 9.17) is 23.2 Å². The molecule has 2 aromatic carbocycles. The summed E-state index contributed by atoms with van der Waals surface area (Å²) in [5.74, 6) is -0.0126. The summed E-state index contributed by atoms with van der Waals surface area (Å²) in [6, 6.07) is 13.0. The first-order valence-electron chi connectivity index (χ1n) is 7.92. The number of nitrogens with one attached hydrogen (secondary N) is 2. The Morgan fingerprint density at radius 2 is 1.67 bits per heavy atom. The number of anilines is 2. The highest BCUT2D eigenvalue weighted by Crippen LogP contribution is 2.33. The quantitative estimate of drug-likeness (QED) is 0.701. The predicted octanol–water partition coefficient (Wildman–Crippen LogP) is 5.58. The van der Waals surface area contributed by atoms with E-state index in [-0.39, 0.29) is 17.9 Å². The second-order valence-electron chi connectivity index (χ2n) is 6.34. The minimum absolute atomic E-state index is 0.0126. The van der Waals surface area contributed by atoms with Crippen LogP contribution in [-0.2, 0) is 11.2 Å². The molecule has 0 heterocycles. The molecule has 24 heavy (non-hydrogen) atoms. The Balaban J connectivity index is 2.20. The molecule has 0 bridgehead atoms. The van der Waals surface area contributed by atoms with Crippen molar-refractivity contribution < 1.29 is 4.79 Å². The Kier molecular flexibility index (Phi) is 6.14. The predicted molar refractivity (Wildman–Crippen MR) is 102 cm³/mol. The van der Waals surface area contributed by atoms with E-state index in [0.717, 1.165) is 17.7 Å². The molecule has 2 N–H and O–H groups in total. The molecule has 0 spiro atoms. The number of benzene rings is 2. The maximum atomic E-state index is 12.3. The zero-order chi connectivity index (χ0) is 17.7. The van der Waals surface area contributed by atoms with Crippen LogP contribution < -0.4 is 10.6 Å². The lowest BCUT2D eigenvalue weighted by Crippen LogP contribution is -2.43. The molecule has 0 aliphatic heterocycles. The summed E-state index contributed by atoms with van der Waals surface area (Å²) >= 11 is 12.4. The molecule has 1 amide bonds. The first-order chi connectivity index (χ1) is 11.3. The number of hydrogen-bond acceptors (Lipinski definition) is 2. The highest BCUT2D eigenvalue weighted by Gasteiger charge is 2.19. The van der Waals surface area contributed by atoms with Crippen molar-refractivity contribution in [3.63, 3.8) is 0 Å². The molecule has 0 aromatic heterocycles. The molecule has 2 rings (SSSR count). The van der Waals surface area contributed by atoms with Crippen LogP contribution in [0.1, 0.15) is 32.8 Å². The molecule has 2 aromatic rings. The lowest BCUT2D eigenvalue weighted by Gasteiger charge is -2.24. The number of rotatable bonds is 6. The lowest BCUT2D eigenvalue weighted by molar-refractivity contribution is -0.122. The van der Waals surface area contributed by atoms with Crippen molar-refractivity contribution in [2.75, 3.05) is 5.32 Å². The first-order valence-corrected chi connectivity index (χ1v) is 8.68. The van der Waals surface area contributed by atoms with Crippen molar-refractivity contribution in [3.05, 3.63) is 58.1 Å². The fourth-order valence-corrected chi connectivity index (χ4v) is 2.72. The van der Waals surface area contributed by atoms with Crippen LogP contribution in [-0.4, -0.2) is 11.4 Å². The van der Waals surface area contributed by atoms with Gasteiger partial charge in [-0.05, 0) is 44.0 Å². The first kappa shape index (κ1) is 18.6. The zero-order valence-electron chi connectivity index (χ0n) is 14.1. The van der Waals surface area contributed by atoms with E-state index in [0.29, 0.717) is 15.7 Å². The average molecular weight is 365 g/mol. The largest absolute Gasteiger partial charge is 0.353 e. The minimum atomic E-state index is -0.217. The fraction of sp³-hybridized carbons (Fsp3) is 0.316. The van der Waals surface area contributed by atoms with Crippen LogP contribution >= 0.6 is 23.2 Å². The molecule has 3 nitrogen and oxygen atoms in total. The zero-order valence-corrected chi connectivity index (χ0v) is 15.6. The SMILES string of the molecule is CCC(C)(C)NC(=O)Cc1ccccc1Nc1c(Cl)cccc1Cl. The van der Waals surface area contributed by atoms with Crippen LogP contribution in [0.3, 0.4) is 0 Å². The van der Waals surface area contributed by atoms with E-state index in [1.165, 1.54) is 0 Å². The van der Waals surface area contributed by atoms with E-state index >= 15 is 0 Å². The van der Waals surface area contributed by atoms with Gasteiger partial charge in [-0.15, -0.1) is 0 Å². The molecule has 0 atom stereocenters. The molecule has 0 fully saturated rings. The van der Waals surface area contributed by atoms with Gasteiger partial charge in [0.25, 0.3) is 0 Å². The van der Waals surface area contributed by atoms with Gasteiger partial charge in [0.15, 0.2) is 0 Å². The van der Waals surface area contributed by atoms with Gasteiger partial charge in [0.05, 0.1) is 22.2 Å². The van der Waals surface area contributed by atoms with Crippen LogP contribution in [0.25, 0.3) is 0 Å². The summed E-state index contributed by atoms with van der Waals surface area (Å²) in [5, 5.41) is 7.37. The highest BCUT2D eigenvalue weighted by molar-refractivity contribution is 6.39. The normalized spacial score (nSPS) is 11.2. The van der Waals surface area contributed by atoms with Crippen LogP contribution in [0.15, 0.2) is 42.5 Å². The molecule has 0 unspecified atom stereocenters. The number of para-hydroxylation sites is 2.